The Labute approximate surface area is 114 Å². The van der Waals surface area contributed by atoms with Crippen LogP contribution in [-0.4, -0.2) is 22.9 Å². The molecule has 1 atom stereocenters. The van der Waals surface area contributed by atoms with Crippen LogP contribution in [0.5, 0.6) is 0 Å². The van der Waals surface area contributed by atoms with Crippen molar-refractivity contribution in [1.29, 1.82) is 0 Å². The van der Waals surface area contributed by atoms with Crippen molar-refractivity contribution in [3.05, 3.63) is 22.6 Å². The van der Waals surface area contributed by atoms with Crippen LogP contribution in [0.1, 0.15) is 27.7 Å². The number of fused-ring (bicyclic) bond motifs is 1. The van der Waals surface area contributed by atoms with Gasteiger partial charge in [0.15, 0.2) is 5.82 Å². The molecule has 0 saturated carbocycles. The minimum Gasteiger partial charge on any atom is -0.253 e. The Hall–Kier alpha value is -1.01. The lowest BCUT2D eigenvalue weighted by molar-refractivity contribution is -0.113. The van der Waals surface area contributed by atoms with Crippen LogP contribution in [0.25, 0.3) is 0 Å². The molecule has 106 valence electrons. The molecule has 0 spiro atoms. The monoisotopic (exact) mass is 293 g/mol. The molecule has 2 rings (SSSR count). The number of aliphatic imine (C=N–C) groups is 1. The number of allylic oxidation sites excluding steroid dienone is 2. The highest BCUT2D eigenvalue weighted by atomic mass is 35.5. The minimum absolute atomic E-state index is 0.133. The van der Waals surface area contributed by atoms with Gasteiger partial charge < -0.3 is 0 Å². The van der Waals surface area contributed by atoms with Crippen molar-refractivity contribution in [2.75, 3.05) is 0 Å². The van der Waals surface area contributed by atoms with Crippen LogP contribution in [-0.2, 0) is 0 Å². The van der Waals surface area contributed by atoms with Crippen molar-refractivity contribution >= 4 is 17.3 Å². The average molecular weight is 294 g/mol. The summed E-state index contributed by atoms with van der Waals surface area (Å²) < 4.78 is 39.1. The van der Waals surface area contributed by atoms with Gasteiger partial charge in [-0.1, -0.05) is 32.4 Å². The standard InChI is InChI=1S/C12H15ClF3N3/c1-6-5-7(12(14,15)16)19-10(17-6)8(13)9(18-19)11(2,3)4/h5,9,18H,1-4H3. The van der Waals surface area contributed by atoms with Gasteiger partial charge in [-0.2, -0.15) is 13.2 Å². The summed E-state index contributed by atoms with van der Waals surface area (Å²) in [5.41, 5.74) is 1.97. The molecule has 0 saturated heterocycles. The lowest BCUT2D eigenvalue weighted by Crippen LogP contribution is -2.46. The van der Waals surface area contributed by atoms with Crippen molar-refractivity contribution in [3.63, 3.8) is 0 Å². The summed E-state index contributed by atoms with van der Waals surface area (Å²) in [6, 6.07) is -0.399. The summed E-state index contributed by atoms with van der Waals surface area (Å²) in [5, 5.41) is 1.24. The van der Waals surface area contributed by atoms with Gasteiger partial charge in [0, 0.05) is 5.71 Å². The molecule has 0 aromatic heterocycles. The van der Waals surface area contributed by atoms with Gasteiger partial charge in [0.2, 0.25) is 0 Å². The van der Waals surface area contributed by atoms with Crippen molar-refractivity contribution in [3.8, 4) is 0 Å². The fraction of sp³-hybridized carbons (Fsp3) is 0.583. The highest BCUT2D eigenvalue weighted by molar-refractivity contribution is 6.31. The van der Waals surface area contributed by atoms with Gasteiger partial charge in [0.25, 0.3) is 0 Å². The number of nitrogens with zero attached hydrogens (tertiary/aromatic N) is 2. The number of halogens is 4. The lowest BCUT2D eigenvalue weighted by atomic mass is 9.87. The quantitative estimate of drug-likeness (QED) is 0.739. The Morgan fingerprint density at radius 1 is 1.32 bits per heavy atom. The largest absolute Gasteiger partial charge is 0.433 e. The Balaban J connectivity index is 2.48. The molecule has 0 amide bonds. The van der Waals surface area contributed by atoms with E-state index in [1.165, 1.54) is 6.92 Å². The zero-order chi connectivity index (χ0) is 14.6. The van der Waals surface area contributed by atoms with E-state index in [2.05, 4.69) is 10.4 Å². The molecule has 0 radical (unpaired) electrons. The summed E-state index contributed by atoms with van der Waals surface area (Å²) in [4.78, 5) is 4.10. The maximum atomic E-state index is 13.0. The molecule has 2 heterocycles. The molecular formula is C12H15ClF3N3. The van der Waals surface area contributed by atoms with Gasteiger partial charge in [0.05, 0.1) is 11.1 Å². The van der Waals surface area contributed by atoms with Crippen molar-refractivity contribution < 1.29 is 13.2 Å². The number of hydrogen-bond acceptors (Lipinski definition) is 3. The Morgan fingerprint density at radius 2 is 1.89 bits per heavy atom. The summed E-state index contributed by atoms with van der Waals surface area (Å²) in [5.74, 6) is 0.133. The summed E-state index contributed by atoms with van der Waals surface area (Å²) in [6.45, 7) is 7.23. The first-order valence-corrected chi connectivity index (χ1v) is 6.20. The van der Waals surface area contributed by atoms with E-state index < -0.39 is 17.9 Å². The summed E-state index contributed by atoms with van der Waals surface area (Å²) in [6.07, 6.45) is -3.45. The van der Waals surface area contributed by atoms with Crippen LogP contribution in [0.3, 0.4) is 0 Å². The molecule has 1 N–H and O–H groups in total. The Kier molecular flexibility index (Phi) is 3.22. The van der Waals surface area contributed by atoms with Crippen molar-refractivity contribution in [2.24, 2.45) is 10.4 Å². The molecule has 0 aromatic carbocycles. The fourth-order valence-corrected chi connectivity index (χ4v) is 2.52. The van der Waals surface area contributed by atoms with E-state index in [1.807, 2.05) is 20.8 Å². The van der Waals surface area contributed by atoms with Crippen LogP contribution in [0, 0.1) is 5.41 Å². The average Bonchev–Trinajstić information content (AvgIpc) is 2.53. The number of hydrazine groups is 1. The van der Waals surface area contributed by atoms with Crippen molar-refractivity contribution in [2.45, 2.75) is 39.9 Å². The van der Waals surface area contributed by atoms with Gasteiger partial charge in [-0.3, -0.25) is 5.01 Å². The zero-order valence-corrected chi connectivity index (χ0v) is 11.8. The Morgan fingerprint density at radius 3 is 2.37 bits per heavy atom. The maximum Gasteiger partial charge on any atom is 0.433 e. The molecule has 19 heavy (non-hydrogen) atoms. The maximum absolute atomic E-state index is 13.0. The van der Waals surface area contributed by atoms with Crippen LogP contribution in [0.2, 0.25) is 0 Å². The second-order valence-electron chi connectivity index (χ2n) is 5.72. The molecular weight excluding hydrogens is 279 g/mol. The van der Waals surface area contributed by atoms with E-state index in [-0.39, 0.29) is 16.9 Å². The first-order valence-electron chi connectivity index (χ1n) is 5.82. The third kappa shape index (κ3) is 2.51. The molecule has 2 aliphatic rings. The van der Waals surface area contributed by atoms with E-state index in [0.29, 0.717) is 5.03 Å². The van der Waals surface area contributed by atoms with Crippen LogP contribution < -0.4 is 5.43 Å². The number of hydrogen-bond donors (Lipinski definition) is 1. The molecule has 0 aromatic rings. The van der Waals surface area contributed by atoms with Gasteiger partial charge in [-0.05, 0) is 18.4 Å². The van der Waals surface area contributed by atoms with Crippen molar-refractivity contribution in [1.82, 2.24) is 10.4 Å². The van der Waals surface area contributed by atoms with Crippen LogP contribution in [0.15, 0.2) is 27.6 Å². The molecule has 7 heteroatoms. The topological polar surface area (TPSA) is 27.6 Å². The van der Waals surface area contributed by atoms with E-state index in [1.54, 1.807) is 0 Å². The second-order valence-corrected chi connectivity index (χ2v) is 6.12. The number of rotatable bonds is 0. The molecule has 3 nitrogen and oxygen atoms in total. The van der Waals surface area contributed by atoms with Gasteiger partial charge in [-0.25, -0.2) is 10.4 Å². The first kappa shape index (κ1) is 14.4. The van der Waals surface area contributed by atoms with E-state index in [9.17, 15) is 13.2 Å². The Bertz CT molecular complexity index is 497. The first-order chi connectivity index (χ1) is 8.51. The third-order valence-corrected chi connectivity index (χ3v) is 3.35. The van der Waals surface area contributed by atoms with E-state index in [0.717, 1.165) is 11.1 Å². The zero-order valence-electron chi connectivity index (χ0n) is 11.1. The molecule has 0 aliphatic carbocycles. The fourth-order valence-electron chi connectivity index (χ4n) is 2.01. The van der Waals surface area contributed by atoms with Gasteiger partial charge in [0.1, 0.15) is 5.70 Å². The third-order valence-electron chi connectivity index (χ3n) is 2.96. The minimum atomic E-state index is -4.46. The molecule has 1 unspecified atom stereocenters. The normalized spacial score (nSPS) is 24.4. The molecule has 0 fully saturated rings. The summed E-state index contributed by atoms with van der Waals surface area (Å²) in [7, 11) is 0. The molecule has 0 bridgehead atoms. The SMILES string of the molecule is CC1=NC2=C(Cl)C(C(C)(C)C)NN2C(C(F)(F)F)=C1. The van der Waals surface area contributed by atoms with E-state index >= 15 is 0 Å². The highest BCUT2D eigenvalue weighted by Crippen LogP contribution is 2.41. The van der Waals surface area contributed by atoms with Gasteiger partial charge in [-0.15, -0.1) is 0 Å². The predicted molar refractivity (Wildman–Crippen MR) is 68.3 cm³/mol. The number of nitrogens with one attached hydrogen (secondary N) is 1. The van der Waals surface area contributed by atoms with Gasteiger partial charge >= 0.3 is 6.18 Å². The van der Waals surface area contributed by atoms with Crippen LogP contribution in [0.4, 0.5) is 13.2 Å². The van der Waals surface area contributed by atoms with E-state index in [4.69, 9.17) is 11.6 Å². The smallest absolute Gasteiger partial charge is 0.253 e. The highest BCUT2D eigenvalue weighted by Gasteiger charge is 2.47. The number of alkyl halides is 3. The molecule has 2 aliphatic heterocycles. The van der Waals surface area contributed by atoms with Crippen LogP contribution >= 0.6 is 11.6 Å². The lowest BCUT2D eigenvalue weighted by Gasteiger charge is -2.31. The summed E-state index contributed by atoms with van der Waals surface area (Å²) >= 11 is 6.19. The second kappa shape index (κ2) is 4.24. The predicted octanol–water partition coefficient (Wildman–Crippen LogP) is 3.55.